The number of aliphatic imine (C=N–C) groups is 2. The molecule has 7 aromatic carbocycles. The first kappa shape index (κ1) is 135. The molecule has 0 bridgehead atoms. The Labute approximate surface area is 914 Å². The number of esters is 7. The van der Waals surface area contributed by atoms with E-state index >= 15 is 0 Å². The van der Waals surface area contributed by atoms with E-state index in [2.05, 4.69) is 143 Å². The van der Waals surface area contributed by atoms with Crippen molar-refractivity contribution in [3.8, 4) is 12.1 Å². The first-order valence-corrected chi connectivity index (χ1v) is 47.6. The van der Waals surface area contributed by atoms with Gasteiger partial charge in [-0.15, -0.1) is 0 Å². The van der Waals surface area contributed by atoms with Crippen molar-refractivity contribution < 1.29 is 147 Å². The molecule has 0 aliphatic carbocycles. The van der Waals surface area contributed by atoms with Crippen LogP contribution in [-0.4, -0.2) is 153 Å². The van der Waals surface area contributed by atoms with Gasteiger partial charge in [-0.05, 0) is 192 Å². The maximum atomic E-state index is 11.8. The molecule has 147 heavy (non-hydrogen) atoms. The van der Waals surface area contributed by atoms with E-state index in [0.717, 1.165) is 66.7 Å². The van der Waals surface area contributed by atoms with Crippen molar-refractivity contribution in [3.05, 3.63) is 273 Å². The quantitative estimate of drug-likeness (QED) is 0.00597. The van der Waals surface area contributed by atoms with Gasteiger partial charge in [0, 0.05) is 151 Å². The van der Waals surface area contributed by atoms with Crippen LogP contribution in [0, 0.1) is 70.0 Å². The zero-order valence-corrected chi connectivity index (χ0v) is 93.0. The van der Waals surface area contributed by atoms with Gasteiger partial charge in [-0.1, -0.05) is 150 Å². The third kappa shape index (κ3) is 54.9. The van der Waals surface area contributed by atoms with Gasteiger partial charge in [-0.25, -0.2) is 43.5 Å². The Kier molecular flexibility index (Phi) is 63.9. The van der Waals surface area contributed by atoms with Gasteiger partial charge in [0.25, 0.3) is 35.0 Å². The van der Waals surface area contributed by atoms with Crippen LogP contribution in [0.1, 0.15) is 186 Å². The Bertz CT molecular complexity index is 6050. The van der Waals surface area contributed by atoms with Crippen LogP contribution in [0.4, 0.5) is 49.4 Å². The van der Waals surface area contributed by atoms with Crippen LogP contribution in [0.15, 0.2) is 203 Å². The van der Waals surface area contributed by atoms with E-state index < -0.39 is 80.4 Å². The molecule has 0 fully saturated rings. The molecule has 10 rings (SSSR count). The fourth-order valence-corrected chi connectivity index (χ4v) is 13.0. The van der Waals surface area contributed by atoms with Crippen molar-refractivity contribution in [1.29, 1.82) is 10.5 Å². The van der Waals surface area contributed by atoms with Crippen molar-refractivity contribution in [2.45, 2.75) is 161 Å². The van der Waals surface area contributed by atoms with Crippen LogP contribution in [0.3, 0.4) is 0 Å². The van der Waals surface area contributed by atoms with Crippen molar-refractivity contribution in [3.63, 3.8) is 0 Å². The second-order valence-corrected chi connectivity index (χ2v) is 36.7. The molecule has 42 nitrogen and oxygen atoms in total. The van der Waals surface area contributed by atoms with Crippen molar-refractivity contribution >= 4 is 260 Å². The van der Waals surface area contributed by atoms with Crippen molar-refractivity contribution in [2.24, 2.45) is 21.5 Å². The number of nitro benzene ring substituents is 4. The van der Waals surface area contributed by atoms with Crippen LogP contribution in [0.5, 0.6) is 0 Å². The number of hydrogen-bond donors (Lipinski definition) is 4. The van der Waals surface area contributed by atoms with Crippen LogP contribution >= 0.6 is 112 Å². The van der Waals surface area contributed by atoms with Crippen molar-refractivity contribution in [2.75, 3.05) is 38.4 Å². The first-order chi connectivity index (χ1) is 67.8. The molecule has 0 radical (unpaired) electrons. The summed E-state index contributed by atoms with van der Waals surface area (Å²) in [5.74, 6) is -3.92. The predicted molar refractivity (Wildman–Crippen MR) is 565 cm³/mol. The number of nitrogens with zero attached hydrogens (tertiary/aromatic N) is 8. The molecule has 0 saturated heterocycles. The fraction of sp³-hybridized carbons (Fsp3) is 0.299. The summed E-state index contributed by atoms with van der Waals surface area (Å²) in [5.41, 5.74) is 17.2. The van der Waals surface area contributed by atoms with E-state index in [1.54, 1.807) is 138 Å². The topological polar surface area (TPSA) is 626 Å². The number of amides is 1. The number of nitrogens with two attached hydrogens (primary N) is 2. The number of anilines is 1. The molecule has 0 saturated carbocycles. The van der Waals surface area contributed by atoms with E-state index in [1.165, 1.54) is 54.6 Å². The second-order valence-electron chi connectivity index (χ2n) is 30.3. The smallest absolute Gasteiger partial charge is 0.481 e. The largest absolute Gasteiger partial charge is 0.519 e. The number of nitriles is 2. The fourth-order valence-electron chi connectivity index (χ4n) is 10.5. The average Bonchev–Trinajstić information content (AvgIpc) is 1.66. The van der Waals surface area contributed by atoms with E-state index in [9.17, 15) is 93.2 Å². The Morgan fingerprint density at radius 2 is 0.830 bits per heavy atom. The number of hydrogen-bond acceptors (Lipinski definition) is 36. The normalized spacial score (nSPS) is 11.4. The molecule has 1 amide bonds. The third-order valence-electron chi connectivity index (χ3n) is 16.3. The summed E-state index contributed by atoms with van der Waals surface area (Å²) in [5, 5.41) is 69.7. The summed E-state index contributed by atoms with van der Waals surface area (Å²) < 4.78 is 52.7. The maximum absolute atomic E-state index is 11.8. The number of nitrogens with one attached hydrogen (secondary N) is 1. The van der Waals surface area contributed by atoms with E-state index in [1.807, 2.05) is 54.6 Å². The minimum atomic E-state index is -1.44. The third-order valence-corrected chi connectivity index (χ3v) is 19.8. The molecule has 0 unspecified atom stereocenters. The predicted octanol–water partition coefficient (Wildman–Crippen LogP) is 23.5. The number of halogens is 7. The number of carboxylic acid groups (broad SMARTS) is 1. The van der Waals surface area contributed by atoms with E-state index in [0.29, 0.717) is 98.6 Å². The molecule has 0 aromatic heterocycles. The SMILES string of the molecule is C.C=C(CC#N)C(=O)OCC.CC(=O)O.CC(=O)OC(OC(C)=O)c1ccc(Br)cc1[N+](=O)[O-].CC(C)(C)OC(=O)OC(=O)OC(C)(C)C.CCOC(=O)/C(=C/c1ccc(Br)cc1[N+](=O)[O-])CC#N.CCOC(=O)C1=Cc2ccc(Br)cc2N=C(N)C1.CCOC(=O)C1=Cc2ccc(Br)cc2N=C(N)C1.CCOC(=O)C1=Cc2ccc(Br)cc2NC(=O)C1.Cc1ccc(Br)cc1[N+](=O)[O-].O=Cc1ccc(Br)cc1[N+](=O)[O-].[Fe]. The van der Waals surface area contributed by atoms with Crippen LogP contribution in [-0.2, 0) is 108 Å². The number of nitro groups is 4. The molecule has 3 heterocycles. The second kappa shape index (κ2) is 69.4. The zero-order valence-electron chi connectivity index (χ0n) is 80.8. The molecule has 3 aliphatic heterocycles. The number of carbonyl (C=O) groups is 12. The van der Waals surface area contributed by atoms with Crippen LogP contribution < -0.4 is 16.8 Å². The molecule has 790 valence electrons. The van der Waals surface area contributed by atoms with Crippen molar-refractivity contribution in [1.82, 2.24) is 0 Å². The van der Waals surface area contributed by atoms with E-state index in [-0.39, 0.29) is 124 Å². The number of benzene rings is 7. The Morgan fingerprint density at radius 3 is 1.20 bits per heavy atom. The molecule has 7 aromatic rings. The van der Waals surface area contributed by atoms with Gasteiger partial charge in [0.15, 0.2) is 6.29 Å². The van der Waals surface area contributed by atoms with Gasteiger partial charge in [-0.3, -0.25) is 64.4 Å². The Morgan fingerprint density at radius 1 is 0.497 bits per heavy atom. The number of aliphatic carboxylic acids is 1. The number of aldehydes is 1. The minimum absolute atomic E-state index is 0. The summed E-state index contributed by atoms with van der Waals surface area (Å²) in [7, 11) is 0. The van der Waals surface area contributed by atoms with E-state index in [4.69, 9.17) is 69.8 Å². The number of aryl methyl sites for hydroxylation is 1. The van der Waals surface area contributed by atoms with Gasteiger partial charge in [-0.2, -0.15) is 10.5 Å². The molecule has 3 aliphatic rings. The number of rotatable bonds is 21. The zero-order chi connectivity index (χ0) is 110. The summed E-state index contributed by atoms with van der Waals surface area (Å²) in [6, 6.07) is 38.3. The number of carbonyl (C=O) groups excluding carboxylic acids is 11. The van der Waals surface area contributed by atoms with Gasteiger partial charge in [0.1, 0.15) is 28.4 Å². The number of ether oxygens (including phenoxy) is 10. The summed E-state index contributed by atoms with van der Waals surface area (Å²) >= 11 is 22.6. The molecule has 6 N–H and O–H groups in total. The van der Waals surface area contributed by atoms with Gasteiger partial charge < -0.3 is 69.3 Å². The number of amidine groups is 2. The molecule has 0 spiro atoms. The first-order valence-electron chi connectivity index (χ1n) is 42.1. The Hall–Kier alpha value is -13.7. The molecular formula is C97H104Br7FeN11O31. The number of carboxylic acids is 1. The summed E-state index contributed by atoms with van der Waals surface area (Å²) in [6.45, 7) is 28.5. The standard InChI is InChI=1S/C13H11BrN2O4.2C13H13BrN2O2.C13H12BrNO3.C11H10BrNO6.C10H18O5.C7H4BrNO3.C7H6BrNO2.C7H9NO2.C2H4O2.CH4.Fe/c1-2-20-13(17)10(5-6-15)7-9-3-4-11(14)8-12(9)16(18)19;2*1-2-18-13(17)9-5-8-3-4-10(14)7-11(8)16-12(15)6-9;1-2-18-13(17)9-5-8-3-4-10(14)7-11(8)15-12(16)6-9;1-6(14)18-11(19-7(2)15)9-4-3-8(12)5-10(9)13(16)17;1-9(2,3)14-7(11)13-8(12)15-10(4,5)6;8-6-2-1-5(4-10)7(3-6)9(11)12;1-5-2-3-6(8)4-7(5)9(10)11;1-3-10-7(9)6(2)4-5-8;1-2(3)4;;/h3-4,7-8H,2,5H2,1H3;2*3-5,7H,2,6H2,1H3,(H2,15,16);3-5,7H,2,6H2,1H3,(H,15,16);3-5,11H,1-2H3;1-6H3;1-4H;2-4H,1H3;2-4H2,1H3;1H3,(H,3,4);1H4;/b10-7+;;;;;;;;;;;. The number of fused-ring (bicyclic) bond motifs is 3. The molecular weight excluding hydrogens is 2430 g/mol. The Balaban J connectivity index is 0. The molecule has 0 atom stereocenters. The van der Waals surface area contributed by atoms with Gasteiger partial charge in [0.2, 0.25) is 5.91 Å². The van der Waals surface area contributed by atoms with Crippen LogP contribution in [0.25, 0.3) is 24.3 Å². The average molecular weight is 2540 g/mol. The minimum Gasteiger partial charge on any atom is -0.481 e. The summed E-state index contributed by atoms with van der Waals surface area (Å²) in [4.78, 5) is 182. The molecule has 50 heteroatoms. The van der Waals surface area contributed by atoms with Gasteiger partial charge in [0.05, 0.1) is 112 Å². The van der Waals surface area contributed by atoms with Gasteiger partial charge >= 0.3 is 54.1 Å². The monoisotopic (exact) mass is 2530 g/mol. The van der Waals surface area contributed by atoms with Crippen LogP contribution in [0.2, 0.25) is 0 Å². The maximum Gasteiger partial charge on any atom is 0.519 e. The summed E-state index contributed by atoms with van der Waals surface area (Å²) in [6.07, 6.45) is 3.99.